The summed E-state index contributed by atoms with van der Waals surface area (Å²) in [5.41, 5.74) is 1.33. The highest BCUT2D eigenvalue weighted by Gasteiger charge is 2.27. The number of nitrogens with zero attached hydrogens (tertiary/aromatic N) is 1. The summed E-state index contributed by atoms with van der Waals surface area (Å²) < 4.78 is 33.6. The zero-order valence-corrected chi connectivity index (χ0v) is 20.0. The minimum absolute atomic E-state index is 0.131. The average molecular weight is 479 g/mol. The van der Waals surface area contributed by atoms with E-state index in [1.54, 1.807) is 48.5 Å². The molecule has 0 bridgehead atoms. The number of benzene rings is 2. The zero-order valence-electron chi connectivity index (χ0n) is 18.4. The topological polar surface area (TPSA) is 75.7 Å². The van der Waals surface area contributed by atoms with Crippen LogP contribution in [0.15, 0.2) is 53.4 Å². The molecule has 1 aliphatic rings. The highest BCUT2D eigenvalue weighted by Crippen LogP contribution is 2.25. The van der Waals surface area contributed by atoms with Crippen LogP contribution in [0, 0.1) is 6.92 Å². The van der Waals surface area contributed by atoms with Crippen LogP contribution < -0.4 is 9.62 Å². The average Bonchev–Trinajstić information content (AvgIpc) is 2.79. The molecule has 3 rings (SSSR count). The van der Waals surface area contributed by atoms with Crippen molar-refractivity contribution in [2.24, 2.45) is 0 Å². The van der Waals surface area contributed by atoms with E-state index in [2.05, 4.69) is 5.32 Å². The fraction of sp³-hybridized carbons (Fsp3) is 0.458. The molecule has 32 heavy (non-hydrogen) atoms. The Hall–Kier alpha value is -2.09. The molecule has 0 radical (unpaired) electrons. The molecule has 0 saturated heterocycles. The summed E-state index contributed by atoms with van der Waals surface area (Å²) in [5, 5.41) is 3.30. The van der Waals surface area contributed by atoms with Crippen molar-refractivity contribution in [1.82, 2.24) is 5.32 Å². The van der Waals surface area contributed by atoms with Crippen LogP contribution in [0.4, 0.5) is 5.69 Å². The first-order valence-corrected chi connectivity index (χ1v) is 12.9. The lowest BCUT2D eigenvalue weighted by Crippen LogP contribution is -2.41. The number of amides is 1. The number of halogens is 1. The van der Waals surface area contributed by atoms with E-state index < -0.39 is 10.0 Å². The van der Waals surface area contributed by atoms with Gasteiger partial charge in [0.25, 0.3) is 10.0 Å². The minimum Gasteiger partial charge on any atom is -0.378 e. The maximum atomic E-state index is 13.3. The van der Waals surface area contributed by atoms with Gasteiger partial charge >= 0.3 is 0 Å². The van der Waals surface area contributed by atoms with Gasteiger partial charge in [-0.2, -0.15) is 0 Å². The Balaban J connectivity index is 1.61. The van der Waals surface area contributed by atoms with E-state index in [1.165, 1.54) is 19.3 Å². The summed E-state index contributed by atoms with van der Waals surface area (Å²) in [6.07, 6.45) is 6.96. The number of carbonyl (C=O) groups is 1. The fourth-order valence-electron chi connectivity index (χ4n) is 3.73. The molecule has 1 fully saturated rings. The van der Waals surface area contributed by atoms with E-state index in [1.807, 2.05) is 6.92 Å². The molecule has 0 unspecified atom stereocenters. The quantitative estimate of drug-likeness (QED) is 0.502. The van der Waals surface area contributed by atoms with Crippen LogP contribution in [0.2, 0.25) is 5.02 Å². The summed E-state index contributed by atoms with van der Waals surface area (Å²) in [6.45, 7) is 2.60. The molecule has 1 amide bonds. The molecule has 2 aromatic rings. The Labute approximate surface area is 196 Å². The van der Waals surface area contributed by atoms with Gasteiger partial charge < -0.3 is 10.1 Å². The van der Waals surface area contributed by atoms with Crippen LogP contribution in [-0.2, 0) is 19.6 Å². The van der Waals surface area contributed by atoms with Crippen LogP contribution >= 0.6 is 11.6 Å². The van der Waals surface area contributed by atoms with Gasteiger partial charge in [0.05, 0.1) is 16.7 Å². The van der Waals surface area contributed by atoms with E-state index in [0.717, 1.165) is 22.7 Å². The highest BCUT2D eigenvalue weighted by atomic mass is 35.5. The number of ether oxygens (including phenoxy) is 1. The van der Waals surface area contributed by atoms with Gasteiger partial charge in [-0.05, 0) is 62.6 Å². The van der Waals surface area contributed by atoms with Crippen LogP contribution in [0.1, 0.15) is 44.1 Å². The van der Waals surface area contributed by atoms with Crippen molar-refractivity contribution in [3.05, 3.63) is 59.1 Å². The van der Waals surface area contributed by atoms with E-state index in [-0.39, 0.29) is 17.3 Å². The lowest BCUT2D eigenvalue weighted by molar-refractivity contribution is -0.119. The van der Waals surface area contributed by atoms with E-state index in [9.17, 15) is 13.2 Å². The number of sulfonamides is 1. The third-order valence-corrected chi connectivity index (χ3v) is 7.60. The van der Waals surface area contributed by atoms with Gasteiger partial charge in [-0.3, -0.25) is 9.10 Å². The molecule has 0 aromatic heterocycles. The summed E-state index contributed by atoms with van der Waals surface area (Å²) in [7, 11) is -3.92. The van der Waals surface area contributed by atoms with Crippen molar-refractivity contribution in [2.75, 3.05) is 24.0 Å². The first-order chi connectivity index (χ1) is 15.4. The number of hydrogen-bond donors (Lipinski definition) is 1. The smallest absolute Gasteiger partial charge is 0.264 e. The second-order valence-corrected chi connectivity index (χ2v) is 10.4. The Morgan fingerprint density at radius 3 is 2.38 bits per heavy atom. The van der Waals surface area contributed by atoms with Crippen molar-refractivity contribution >= 4 is 33.2 Å². The number of nitrogens with one attached hydrogen (secondary N) is 1. The highest BCUT2D eigenvalue weighted by molar-refractivity contribution is 7.92. The van der Waals surface area contributed by atoms with Crippen molar-refractivity contribution in [3.8, 4) is 0 Å². The van der Waals surface area contributed by atoms with Crippen LogP contribution in [0.25, 0.3) is 0 Å². The Bertz CT molecular complexity index is 972. The lowest BCUT2D eigenvalue weighted by Gasteiger charge is -2.24. The van der Waals surface area contributed by atoms with Crippen molar-refractivity contribution in [3.63, 3.8) is 0 Å². The Morgan fingerprint density at radius 1 is 1.06 bits per heavy atom. The maximum absolute atomic E-state index is 13.3. The van der Waals surface area contributed by atoms with Crippen molar-refractivity contribution < 1.29 is 17.9 Å². The molecular weight excluding hydrogens is 448 g/mol. The van der Waals surface area contributed by atoms with E-state index in [4.69, 9.17) is 16.3 Å². The monoisotopic (exact) mass is 478 g/mol. The number of hydrogen-bond acceptors (Lipinski definition) is 4. The maximum Gasteiger partial charge on any atom is 0.264 e. The number of rotatable bonds is 10. The van der Waals surface area contributed by atoms with Gasteiger partial charge in [0.1, 0.15) is 6.54 Å². The third-order valence-electron chi connectivity index (χ3n) is 5.56. The molecule has 0 heterocycles. The van der Waals surface area contributed by atoms with E-state index >= 15 is 0 Å². The summed E-state index contributed by atoms with van der Waals surface area (Å²) >= 11 is 5.97. The fourth-order valence-corrected chi connectivity index (χ4v) is 5.27. The van der Waals surface area contributed by atoms with Gasteiger partial charge in [-0.15, -0.1) is 0 Å². The minimum atomic E-state index is -3.92. The molecule has 1 N–H and O–H groups in total. The predicted octanol–water partition coefficient (Wildman–Crippen LogP) is 4.70. The molecule has 8 heteroatoms. The van der Waals surface area contributed by atoms with Crippen molar-refractivity contribution in [1.29, 1.82) is 0 Å². The molecule has 6 nitrogen and oxygen atoms in total. The number of anilines is 1. The van der Waals surface area contributed by atoms with Gasteiger partial charge in [0.15, 0.2) is 0 Å². The van der Waals surface area contributed by atoms with E-state index in [0.29, 0.717) is 36.4 Å². The Kier molecular flexibility index (Phi) is 8.96. The molecule has 0 atom stereocenters. The van der Waals surface area contributed by atoms with Gasteiger partial charge in [-0.25, -0.2) is 8.42 Å². The number of carbonyl (C=O) groups excluding carboxylic acids is 1. The number of aryl methyl sites for hydroxylation is 1. The normalized spacial score (nSPS) is 14.8. The summed E-state index contributed by atoms with van der Waals surface area (Å²) in [4.78, 5) is 12.7. The predicted molar refractivity (Wildman–Crippen MR) is 128 cm³/mol. The lowest BCUT2D eigenvalue weighted by atomic mass is 9.98. The van der Waals surface area contributed by atoms with Crippen LogP contribution in [0.5, 0.6) is 0 Å². The molecule has 1 saturated carbocycles. The zero-order chi connectivity index (χ0) is 23.0. The van der Waals surface area contributed by atoms with Crippen LogP contribution in [-0.4, -0.2) is 40.1 Å². The standard InChI is InChI=1S/C24H31ClN2O4S/c1-19-8-14-23(15-9-19)32(29,30)27(21-12-10-20(25)11-13-21)18-24(28)26-16-5-17-31-22-6-3-2-4-7-22/h8-15,22H,2-7,16-18H2,1H3,(H,26,28). The molecular formula is C24H31ClN2O4S. The van der Waals surface area contributed by atoms with Crippen molar-refractivity contribution in [2.45, 2.75) is 56.4 Å². The second kappa shape index (κ2) is 11.7. The molecule has 1 aliphatic carbocycles. The summed E-state index contributed by atoms with van der Waals surface area (Å²) in [5.74, 6) is -0.367. The molecule has 2 aromatic carbocycles. The summed E-state index contributed by atoms with van der Waals surface area (Å²) in [6, 6.07) is 13.0. The first-order valence-electron chi connectivity index (χ1n) is 11.1. The first kappa shape index (κ1) is 24.6. The van der Waals surface area contributed by atoms with Crippen LogP contribution in [0.3, 0.4) is 0 Å². The van der Waals surface area contributed by atoms with Gasteiger partial charge in [0, 0.05) is 18.2 Å². The molecule has 0 spiro atoms. The molecule has 0 aliphatic heterocycles. The second-order valence-electron chi connectivity index (χ2n) is 8.14. The largest absolute Gasteiger partial charge is 0.378 e. The SMILES string of the molecule is Cc1ccc(S(=O)(=O)N(CC(=O)NCCCOC2CCCCC2)c2ccc(Cl)cc2)cc1. The Morgan fingerprint density at radius 2 is 1.72 bits per heavy atom. The molecule has 174 valence electrons. The van der Waals surface area contributed by atoms with Gasteiger partial charge in [0.2, 0.25) is 5.91 Å². The third kappa shape index (κ3) is 6.95. The van der Waals surface area contributed by atoms with Gasteiger partial charge in [-0.1, -0.05) is 48.6 Å².